The summed E-state index contributed by atoms with van der Waals surface area (Å²) in [6, 6.07) is 9.29. The number of nitrogen functional groups attached to an aromatic ring is 1. The predicted octanol–water partition coefficient (Wildman–Crippen LogP) is 2.88. The molecule has 0 bridgehead atoms. The summed E-state index contributed by atoms with van der Waals surface area (Å²) in [5.41, 5.74) is 9.58. The van der Waals surface area contributed by atoms with Gasteiger partial charge < -0.3 is 15.4 Å². The molecule has 0 spiro atoms. The van der Waals surface area contributed by atoms with E-state index in [1.165, 1.54) is 0 Å². The van der Waals surface area contributed by atoms with E-state index in [1.807, 2.05) is 66.0 Å². The minimum atomic E-state index is -0.425. The van der Waals surface area contributed by atoms with Crippen molar-refractivity contribution < 1.29 is 14.3 Å². The second kappa shape index (κ2) is 9.36. The number of imidazole rings is 1. The molecule has 6 rings (SSSR count). The number of rotatable bonds is 6. The highest BCUT2D eigenvalue weighted by molar-refractivity contribution is 5.98. The molecule has 1 aromatic carbocycles. The zero-order chi connectivity index (χ0) is 26.4. The van der Waals surface area contributed by atoms with Gasteiger partial charge in [-0.25, -0.2) is 9.97 Å². The fourth-order valence-corrected chi connectivity index (χ4v) is 5.50. The fraction of sp³-hybridized carbons (Fsp3) is 0.393. The number of likely N-dealkylation sites (tertiary alicyclic amines) is 1. The zero-order valence-corrected chi connectivity index (χ0v) is 21.6. The molecule has 0 aliphatic carbocycles. The lowest BCUT2D eigenvalue weighted by Crippen LogP contribution is -2.55. The number of benzene rings is 1. The number of piperidine rings is 1. The molecule has 2 saturated heterocycles. The van der Waals surface area contributed by atoms with Gasteiger partial charge in [-0.05, 0) is 25.8 Å². The Morgan fingerprint density at radius 1 is 1.16 bits per heavy atom. The van der Waals surface area contributed by atoms with Crippen LogP contribution in [0.15, 0.2) is 48.9 Å². The van der Waals surface area contributed by atoms with Crippen LogP contribution in [-0.4, -0.2) is 67.0 Å². The Bertz CT molecular complexity index is 1520. The van der Waals surface area contributed by atoms with Gasteiger partial charge in [-0.1, -0.05) is 24.3 Å². The number of carbonyl (C=O) groups is 2. The lowest BCUT2D eigenvalue weighted by molar-refractivity contribution is -0.169. The van der Waals surface area contributed by atoms with Gasteiger partial charge in [0.25, 0.3) is 0 Å². The molecule has 0 saturated carbocycles. The first-order chi connectivity index (χ1) is 18.3. The molecule has 1 atom stereocenters. The van der Waals surface area contributed by atoms with Crippen LogP contribution in [0.25, 0.3) is 16.8 Å². The van der Waals surface area contributed by atoms with E-state index >= 15 is 0 Å². The Kier molecular flexibility index (Phi) is 5.98. The average Bonchev–Trinajstić information content (AvgIpc) is 3.51. The number of nitrogens with zero attached hydrogens (tertiary/aromatic N) is 6. The molecule has 4 aromatic rings. The number of amides is 1. The van der Waals surface area contributed by atoms with Crippen molar-refractivity contribution in [1.82, 2.24) is 29.0 Å². The Balaban J connectivity index is 1.29. The molecule has 2 fully saturated rings. The summed E-state index contributed by atoms with van der Waals surface area (Å²) in [6.07, 6.45) is 7.47. The molecule has 0 unspecified atom stereocenters. The van der Waals surface area contributed by atoms with Gasteiger partial charge in [0.15, 0.2) is 5.78 Å². The number of hydrogen-bond donors (Lipinski definition) is 1. The average molecular weight is 514 g/mol. The smallest absolute Gasteiger partial charge is 0.233 e. The Morgan fingerprint density at radius 2 is 1.95 bits per heavy atom. The summed E-state index contributed by atoms with van der Waals surface area (Å²) >= 11 is 0. The number of nitrogens with two attached hydrogens (primary N) is 1. The van der Waals surface area contributed by atoms with E-state index in [0.717, 1.165) is 47.7 Å². The van der Waals surface area contributed by atoms with Crippen molar-refractivity contribution in [3.63, 3.8) is 0 Å². The normalized spacial score (nSPS) is 18.9. The van der Waals surface area contributed by atoms with Crippen molar-refractivity contribution in [3.05, 3.63) is 66.0 Å². The third-order valence-electron chi connectivity index (χ3n) is 7.63. The van der Waals surface area contributed by atoms with E-state index in [1.54, 1.807) is 10.9 Å². The highest BCUT2D eigenvalue weighted by atomic mass is 16.5. The first-order valence-corrected chi connectivity index (χ1v) is 12.9. The zero-order valence-electron chi connectivity index (χ0n) is 21.6. The lowest BCUT2D eigenvalue weighted by Gasteiger charge is -2.42. The maximum Gasteiger partial charge on any atom is 0.233 e. The number of Topliss-reactive ketones (excluding diaryl/α,β-unsaturated/α-hetero) is 1. The van der Waals surface area contributed by atoms with E-state index < -0.39 is 5.41 Å². The highest BCUT2D eigenvalue weighted by Gasteiger charge is 2.44. The van der Waals surface area contributed by atoms with Gasteiger partial charge in [-0.15, -0.1) is 0 Å². The van der Waals surface area contributed by atoms with Crippen molar-refractivity contribution in [1.29, 1.82) is 0 Å². The molecule has 2 aliphatic heterocycles. The second-order valence-corrected chi connectivity index (χ2v) is 10.7. The number of carbonyl (C=O) groups excluding carboxylic acids is 2. The van der Waals surface area contributed by atoms with E-state index in [-0.39, 0.29) is 24.0 Å². The van der Waals surface area contributed by atoms with Gasteiger partial charge >= 0.3 is 0 Å². The van der Waals surface area contributed by atoms with Crippen molar-refractivity contribution in [2.24, 2.45) is 12.5 Å². The van der Waals surface area contributed by atoms with Crippen LogP contribution in [0.4, 0.5) is 5.82 Å². The molecule has 5 heterocycles. The topological polar surface area (TPSA) is 121 Å². The lowest BCUT2D eigenvalue weighted by atomic mass is 9.85. The Morgan fingerprint density at radius 3 is 2.63 bits per heavy atom. The standard InChI is InChI=1S/C28H31N7O3/c1-28(16-38-17-28)27(37)34-11-3-4-20(15-34)26-31-23(24-25(29)30-10-13-35(24)26)19-7-5-18(6-8-19)22(36)14-21-9-12-33(2)32-21/h5-10,12-13,20H,3-4,11,14-17H2,1-2H3,(H2,29,30)/t20-/m1/s1. The summed E-state index contributed by atoms with van der Waals surface area (Å²) in [6.45, 7) is 4.29. The van der Waals surface area contributed by atoms with Crippen molar-refractivity contribution in [2.75, 3.05) is 32.0 Å². The predicted molar refractivity (Wildman–Crippen MR) is 142 cm³/mol. The maximum absolute atomic E-state index is 13.2. The van der Waals surface area contributed by atoms with Crippen molar-refractivity contribution in [3.8, 4) is 11.3 Å². The van der Waals surface area contributed by atoms with Crippen LogP contribution in [0, 0.1) is 5.41 Å². The second-order valence-electron chi connectivity index (χ2n) is 10.7. The molecule has 38 heavy (non-hydrogen) atoms. The van der Waals surface area contributed by atoms with Crippen LogP contribution in [-0.2, 0) is 23.0 Å². The summed E-state index contributed by atoms with van der Waals surface area (Å²) in [7, 11) is 1.83. The van der Waals surface area contributed by atoms with Crippen LogP contribution < -0.4 is 5.73 Å². The van der Waals surface area contributed by atoms with E-state index in [9.17, 15) is 9.59 Å². The van der Waals surface area contributed by atoms with Crippen LogP contribution in [0.3, 0.4) is 0 Å². The first-order valence-electron chi connectivity index (χ1n) is 12.9. The summed E-state index contributed by atoms with van der Waals surface area (Å²) in [5, 5.41) is 4.30. The molecule has 1 amide bonds. The van der Waals surface area contributed by atoms with Gasteiger partial charge in [-0.3, -0.25) is 18.7 Å². The van der Waals surface area contributed by atoms with Gasteiger partial charge in [-0.2, -0.15) is 5.10 Å². The molecule has 10 nitrogen and oxygen atoms in total. The number of hydrogen-bond acceptors (Lipinski definition) is 7. The quantitative estimate of drug-likeness (QED) is 0.394. The van der Waals surface area contributed by atoms with Gasteiger partial charge in [0, 0.05) is 55.8 Å². The third-order valence-corrected chi connectivity index (χ3v) is 7.63. The maximum atomic E-state index is 13.2. The molecule has 0 radical (unpaired) electrons. The number of anilines is 1. The molecule has 3 aromatic heterocycles. The minimum Gasteiger partial charge on any atom is -0.382 e. The molecule has 2 N–H and O–H groups in total. The molecule has 10 heteroatoms. The molecule has 196 valence electrons. The Labute approximate surface area is 220 Å². The van der Waals surface area contributed by atoms with Gasteiger partial charge in [0.1, 0.15) is 22.9 Å². The highest BCUT2D eigenvalue weighted by Crippen LogP contribution is 2.36. The third kappa shape index (κ3) is 4.24. The number of aromatic nitrogens is 5. The molecule has 2 aliphatic rings. The van der Waals surface area contributed by atoms with E-state index in [4.69, 9.17) is 15.5 Å². The number of ether oxygens (including phenoxy) is 1. The van der Waals surface area contributed by atoms with Crippen LogP contribution in [0.1, 0.15) is 47.6 Å². The summed E-state index contributed by atoms with van der Waals surface area (Å²) in [5.74, 6) is 1.48. The number of aryl methyl sites for hydroxylation is 1. The van der Waals surface area contributed by atoms with E-state index in [2.05, 4.69) is 10.1 Å². The van der Waals surface area contributed by atoms with Gasteiger partial charge in [0.2, 0.25) is 5.91 Å². The number of ketones is 1. The van der Waals surface area contributed by atoms with Crippen LogP contribution >= 0.6 is 0 Å². The summed E-state index contributed by atoms with van der Waals surface area (Å²) < 4.78 is 9.02. The molecular weight excluding hydrogens is 482 g/mol. The minimum absolute atomic E-state index is 0.00402. The monoisotopic (exact) mass is 513 g/mol. The first kappa shape index (κ1) is 24.3. The largest absolute Gasteiger partial charge is 0.382 e. The van der Waals surface area contributed by atoms with Crippen LogP contribution in [0.5, 0.6) is 0 Å². The number of fused-ring (bicyclic) bond motifs is 1. The fourth-order valence-electron chi connectivity index (χ4n) is 5.50. The van der Waals surface area contributed by atoms with Crippen LogP contribution in [0.2, 0.25) is 0 Å². The Hall–Kier alpha value is -4.05. The summed E-state index contributed by atoms with van der Waals surface area (Å²) in [4.78, 5) is 37.3. The van der Waals surface area contributed by atoms with Gasteiger partial charge in [0.05, 0.1) is 30.7 Å². The van der Waals surface area contributed by atoms with Crippen molar-refractivity contribution >= 4 is 23.0 Å². The van der Waals surface area contributed by atoms with E-state index in [0.29, 0.717) is 31.1 Å². The molecular formula is C28H31N7O3. The SMILES string of the molecule is Cn1ccc(CC(=O)c2ccc(-c3nc([C@@H]4CCCN(C(=O)C5(C)COC5)C4)n4ccnc(N)c34)cc2)n1. The van der Waals surface area contributed by atoms with Crippen molar-refractivity contribution in [2.45, 2.75) is 32.1 Å².